The lowest BCUT2D eigenvalue weighted by molar-refractivity contribution is -0.346. The van der Waals surface area contributed by atoms with Crippen LogP contribution in [0.3, 0.4) is 0 Å². The number of rotatable bonds is 0. The monoisotopic (exact) mass is 348 g/mol. The minimum Gasteiger partial charge on any atom is -0.392 e. The van der Waals surface area contributed by atoms with E-state index in [0.29, 0.717) is 18.4 Å². The average Bonchev–Trinajstić information content (AvgIpc) is 2.78. The summed E-state index contributed by atoms with van der Waals surface area (Å²) in [5, 5.41) is 33.6. The van der Waals surface area contributed by atoms with Crippen LogP contribution in [0.2, 0.25) is 0 Å². The van der Waals surface area contributed by atoms with Crippen LogP contribution < -0.4 is 0 Å². The zero-order valence-corrected chi connectivity index (χ0v) is 15.2. The van der Waals surface area contributed by atoms with Crippen LogP contribution in [0.1, 0.15) is 46.5 Å². The fourth-order valence-corrected chi connectivity index (χ4v) is 7.17. The third-order valence-corrected chi connectivity index (χ3v) is 8.41. The summed E-state index contributed by atoms with van der Waals surface area (Å²) in [6, 6.07) is 0. The molecule has 3 fully saturated rings. The first-order chi connectivity index (χ1) is 11.6. The number of ether oxygens (including phenoxy) is 1. The Labute approximate surface area is 148 Å². The van der Waals surface area contributed by atoms with Crippen molar-refractivity contribution in [1.29, 1.82) is 0 Å². The third-order valence-electron chi connectivity index (χ3n) is 8.41. The van der Waals surface area contributed by atoms with Gasteiger partial charge >= 0.3 is 0 Å². The highest BCUT2D eigenvalue weighted by atomic mass is 16.6. The number of hydrogen-bond acceptors (Lipinski definition) is 5. The quantitative estimate of drug-likeness (QED) is 0.576. The van der Waals surface area contributed by atoms with E-state index < -0.39 is 23.4 Å². The van der Waals surface area contributed by atoms with Crippen LogP contribution in [0.5, 0.6) is 0 Å². The van der Waals surface area contributed by atoms with Crippen LogP contribution in [-0.2, 0) is 9.53 Å². The molecule has 0 aromatic rings. The maximum absolute atomic E-state index is 12.9. The van der Waals surface area contributed by atoms with Gasteiger partial charge in [-0.1, -0.05) is 20.8 Å². The van der Waals surface area contributed by atoms with Gasteiger partial charge in [0.2, 0.25) is 5.79 Å². The smallest absolute Gasteiger partial charge is 0.215 e. The standard InChI is InChI=1S/C20H28O5/c1-9-10-6-11(15(9)22)14-12(7-10)20(24)17(23)16-18(2,3)5-4-13(21)19(14,16)8-25-20/h9-11,13,16-17,21,23-24H,4-8H2,1-3H3/t9-,10-,11+,13+,16-,17+,19+,20-/m1/s1. The van der Waals surface area contributed by atoms with Crippen molar-refractivity contribution in [2.45, 2.75) is 64.4 Å². The SMILES string of the molecule is C[C@H]1C(=O)[C@H]2C[C@@H]1CC1=C2[C@@]23CO[C@@]1(O)[C@@H](O)[C@@H]2C(C)(C)CC[C@@H]3O. The summed E-state index contributed by atoms with van der Waals surface area (Å²) in [4.78, 5) is 12.9. The molecule has 1 spiro atoms. The van der Waals surface area contributed by atoms with Crippen molar-refractivity contribution >= 4 is 5.78 Å². The zero-order chi connectivity index (χ0) is 17.9. The molecule has 0 aromatic heterocycles. The Morgan fingerprint density at radius 2 is 1.96 bits per heavy atom. The van der Waals surface area contributed by atoms with E-state index in [0.717, 1.165) is 18.4 Å². The van der Waals surface area contributed by atoms with Crippen molar-refractivity contribution in [3.8, 4) is 0 Å². The summed E-state index contributed by atoms with van der Waals surface area (Å²) in [7, 11) is 0. The summed E-state index contributed by atoms with van der Waals surface area (Å²) >= 11 is 0. The summed E-state index contributed by atoms with van der Waals surface area (Å²) in [6.45, 7) is 6.37. The van der Waals surface area contributed by atoms with Crippen LogP contribution in [0.4, 0.5) is 0 Å². The van der Waals surface area contributed by atoms with Crippen LogP contribution in [0.15, 0.2) is 11.1 Å². The molecule has 0 unspecified atom stereocenters. The molecule has 4 bridgehead atoms. The second kappa shape index (κ2) is 4.56. The predicted octanol–water partition coefficient (Wildman–Crippen LogP) is 1.40. The molecule has 4 aliphatic carbocycles. The predicted molar refractivity (Wildman–Crippen MR) is 89.3 cm³/mol. The van der Waals surface area contributed by atoms with Gasteiger partial charge in [-0.05, 0) is 48.2 Å². The van der Waals surface area contributed by atoms with Gasteiger partial charge in [0.1, 0.15) is 11.9 Å². The van der Waals surface area contributed by atoms with Crippen molar-refractivity contribution in [3.05, 3.63) is 11.1 Å². The molecule has 3 N–H and O–H groups in total. The van der Waals surface area contributed by atoms with Gasteiger partial charge in [-0.25, -0.2) is 0 Å². The Morgan fingerprint density at radius 1 is 1.24 bits per heavy atom. The molecular formula is C20H28O5. The van der Waals surface area contributed by atoms with Crippen LogP contribution in [0, 0.1) is 34.5 Å². The number of Topliss-reactive ketones (excluding diaryl/α,β-unsaturated/α-hetero) is 1. The molecule has 25 heavy (non-hydrogen) atoms. The highest BCUT2D eigenvalue weighted by Crippen LogP contribution is 2.69. The maximum atomic E-state index is 12.9. The van der Waals surface area contributed by atoms with Gasteiger partial charge in [0.05, 0.1) is 12.7 Å². The van der Waals surface area contributed by atoms with E-state index in [9.17, 15) is 20.1 Å². The Morgan fingerprint density at radius 3 is 2.68 bits per heavy atom. The molecule has 2 aliphatic heterocycles. The summed E-state index contributed by atoms with van der Waals surface area (Å²) < 4.78 is 5.84. The van der Waals surface area contributed by atoms with Crippen LogP contribution in [-0.4, -0.2) is 45.7 Å². The molecule has 5 nitrogen and oxygen atoms in total. The number of aliphatic hydroxyl groups excluding tert-OH is 2. The molecule has 2 saturated carbocycles. The molecule has 1 saturated heterocycles. The van der Waals surface area contributed by atoms with E-state index in [1.54, 1.807) is 0 Å². The highest BCUT2D eigenvalue weighted by molar-refractivity contribution is 5.90. The number of carbonyl (C=O) groups excluding carboxylic acids is 1. The van der Waals surface area contributed by atoms with Crippen LogP contribution in [0.25, 0.3) is 0 Å². The lowest BCUT2D eigenvalue weighted by Crippen LogP contribution is -2.74. The fraction of sp³-hybridized carbons (Fsp3) is 0.850. The number of fused-ring (bicyclic) bond motifs is 3. The van der Waals surface area contributed by atoms with Crippen molar-refractivity contribution in [2.24, 2.45) is 34.5 Å². The zero-order valence-electron chi connectivity index (χ0n) is 15.2. The van der Waals surface area contributed by atoms with Crippen molar-refractivity contribution in [2.75, 3.05) is 6.61 Å². The van der Waals surface area contributed by atoms with E-state index in [-0.39, 0.29) is 41.5 Å². The largest absolute Gasteiger partial charge is 0.392 e. The Hall–Kier alpha value is -0.750. The Kier molecular flexibility index (Phi) is 2.99. The van der Waals surface area contributed by atoms with Crippen molar-refractivity contribution in [1.82, 2.24) is 0 Å². The molecule has 6 aliphatic rings. The second-order valence-electron chi connectivity index (χ2n) is 9.83. The Balaban J connectivity index is 1.79. The minimum atomic E-state index is -1.70. The molecule has 6 rings (SSSR count). The number of hydrogen-bond donors (Lipinski definition) is 3. The number of carbonyl (C=O) groups is 1. The number of ketones is 1. The normalized spacial score (nSPS) is 56.0. The summed E-state index contributed by atoms with van der Waals surface area (Å²) in [6.07, 6.45) is 1.12. The van der Waals surface area contributed by atoms with Crippen LogP contribution >= 0.6 is 0 Å². The molecule has 0 radical (unpaired) electrons. The van der Waals surface area contributed by atoms with E-state index >= 15 is 0 Å². The fourth-order valence-electron chi connectivity index (χ4n) is 7.17. The van der Waals surface area contributed by atoms with E-state index in [1.165, 1.54) is 0 Å². The molecule has 138 valence electrons. The lowest BCUT2D eigenvalue weighted by atomic mass is 9.43. The molecule has 0 amide bonds. The molecular weight excluding hydrogens is 320 g/mol. The summed E-state index contributed by atoms with van der Waals surface area (Å²) in [5.41, 5.74) is 0.663. The van der Waals surface area contributed by atoms with Gasteiger partial charge in [-0.15, -0.1) is 0 Å². The van der Waals surface area contributed by atoms with Gasteiger partial charge in [-0.3, -0.25) is 4.79 Å². The second-order valence-corrected chi connectivity index (χ2v) is 9.83. The van der Waals surface area contributed by atoms with Gasteiger partial charge in [-0.2, -0.15) is 0 Å². The molecule has 5 heteroatoms. The van der Waals surface area contributed by atoms with Gasteiger partial charge < -0.3 is 20.1 Å². The topological polar surface area (TPSA) is 87.0 Å². The third kappa shape index (κ3) is 1.63. The molecule has 8 atom stereocenters. The average molecular weight is 348 g/mol. The molecule has 0 aromatic carbocycles. The van der Waals surface area contributed by atoms with Gasteiger partial charge in [0.15, 0.2) is 0 Å². The van der Waals surface area contributed by atoms with Gasteiger partial charge in [0.25, 0.3) is 0 Å². The van der Waals surface area contributed by atoms with Gasteiger partial charge in [0, 0.05) is 23.2 Å². The van der Waals surface area contributed by atoms with E-state index in [2.05, 4.69) is 13.8 Å². The van der Waals surface area contributed by atoms with Crippen molar-refractivity contribution in [3.63, 3.8) is 0 Å². The van der Waals surface area contributed by atoms with E-state index in [1.807, 2.05) is 6.92 Å². The van der Waals surface area contributed by atoms with E-state index in [4.69, 9.17) is 4.74 Å². The first-order valence-corrected chi connectivity index (χ1v) is 9.65. The first kappa shape index (κ1) is 16.4. The summed E-state index contributed by atoms with van der Waals surface area (Å²) in [5.74, 6) is -1.81. The maximum Gasteiger partial charge on any atom is 0.215 e. The first-order valence-electron chi connectivity index (χ1n) is 9.65. The van der Waals surface area contributed by atoms with Crippen molar-refractivity contribution < 1.29 is 24.9 Å². The molecule has 2 heterocycles. The highest BCUT2D eigenvalue weighted by Gasteiger charge is 2.73. The lowest BCUT2D eigenvalue weighted by Gasteiger charge is -2.67. The number of aliphatic hydroxyl groups is 3. The Bertz CT molecular complexity index is 696. The minimum absolute atomic E-state index is 0.0284.